The molecule has 0 radical (unpaired) electrons. The van der Waals surface area contributed by atoms with Crippen LogP contribution in [0.5, 0.6) is 0 Å². The lowest BCUT2D eigenvalue weighted by Gasteiger charge is -2.15. The second-order valence-corrected chi connectivity index (χ2v) is 5.78. The first kappa shape index (κ1) is 14.2. The van der Waals surface area contributed by atoms with Crippen molar-refractivity contribution < 1.29 is 0 Å². The quantitative estimate of drug-likeness (QED) is 0.800. The summed E-state index contributed by atoms with van der Waals surface area (Å²) in [7, 11) is 2.01. The molecule has 0 aromatic heterocycles. The standard InChI is InChI=1S/C17H21NS/c1-13-8-4-5-9-15(13)12-19-17-11-7-6-10-16(17)14(2)18-3/h4-11,14,18H,12H2,1-3H3. The van der Waals surface area contributed by atoms with Crippen molar-refractivity contribution in [3.63, 3.8) is 0 Å². The first-order chi connectivity index (χ1) is 9.22. The molecule has 0 saturated heterocycles. The van der Waals surface area contributed by atoms with E-state index in [0.717, 1.165) is 5.75 Å². The van der Waals surface area contributed by atoms with E-state index in [1.807, 2.05) is 18.8 Å². The number of hydrogen-bond acceptors (Lipinski definition) is 2. The monoisotopic (exact) mass is 271 g/mol. The molecule has 0 fully saturated rings. The second-order valence-electron chi connectivity index (χ2n) is 4.76. The summed E-state index contributed by atoms with van der Waals surface area (Å²) in [5, 5.41) is 3.32. The largest absolute Gasteiger partial charge is 0.313 e. The van der Waals surface area contributed by atoms with Crippen molar-refractivity contribution in [2.24, 2.45) is 0 Å². The summed E-state index contributed by atoms with van der Waals surface area (Å²) in [5.41, 5.74) is 4.16. The predicted octanol–water partition coefficient (Wildman–Crippen LogP) is 4.57. The minimum atomic E-state index is 0.389. The van der Waals surface area contributed by atoms with Gasteiger partial charge in [-0.1, -0.05) is 42.5 Å². The van der Waals surface area contributed by atoms with Gasteiger partial charge in [0.25, 0.3) is 0 Å². The number of hydrogen-bond donors (Lipinski definition) is 1. The van der Waals surface area contributed by atoms with E-state index in [4.69, 9.17) is 0 Å². The molecule has 2 aromatic rings. The van der Waals surface area contributed by atoms with E-state index in [9.17, 15) is 0 Å². The van der Waals surface area contributed by atoms with Crippen LogP contribution in [0.4, 0.5) is 0 Å². The van der Waals surface area contributed by atoms with Crippen molar-refractivity contribution in [2.75, 3.05) is 7.05 Å². The lowest BCUT2D eigenvalue weighted by Crippen LogP contribution is -2.13. The summed E-state index contributed by atoms with van der Waals surface area (Å²) in [4.78, 5) is 1.37. The molecule has 100 valence electrons. The molecule has 2 rings (SSSR count). The number of rotatable bonds is 5. The molecule has 1 N–H and O–H groups in total. The van der Waals surface area contributed by atoms with Crippen LogP contribution in [-0.4, -0.2) is 7.05 Å². The zero-order chi connectivity index (χ0) is 13.7. The highest BCUT2D eigenvalue weighted by atomic mass is 32.2. The average molecular weight is 271 g/mol. The number of aryl methyl sites for hydroxylation is 1. The van der Waals surface area contributed by atoms with E-state index in [1.165, 1.54) is 21.6 Å². The maximum atomic E-state index is 3.32. The van der Waals surface area contributed by atoms with Gasteiger partial charge in [0.2, 0.25) is 0 Å². The van der Waals surface area contributed by atoms with Gasteiger partial charge in [0.1, 0.15) is 0 Å². The fraction of sp³-hybridized carbons (Fsp3) is 0.294. The molecule has 0 aliphatic carbocycles. The van der Waals surface area contributed by atoms with Gasteiger partial charge in [0.15, 0.2) is 0 Å². The van der Waals surface area contributed by atoms with E-state index in [-0.39, 0.29) is 0 Å². The lowest BCUT2D eigenvalue weighted by atomic mass is 10.1. The van der Waals surface area contributed by atoms with E-state index in [0.29, 0.717) is 6.04 Å². The Morgan fingerprint density at radius 2 is 1.74 bits per heavy atom. The summed E-state index contributed by atoms with van der Waals surface area (Å²) in [6.07, 6.45) is 0. The van der Waals surface area contributed by atoms with Gasteiger partial charge in [-0.15, -0.1) is 11.8 Å². The van der Waals surface area contributed by atoms with Crippen LogP contribution >= 0.6 is 11.8 Å². The fourth-order valence-corrected chi connectivity index (χ4v) is 3.27. The Morgan fingerprint density at radius 3 is 2.47 bits per heavy atom. The Kier molecular flexibility index (Phi) is 5.06. The number of nitrogens with one attached hydrogen (secondary N) is 1. The average Bonchev–Trinajstić information content (AvgIpc) is 2.46. The lowest BCUT2D eigenvalue weighted by molar-refractivity contribution is 0.641. The van der Waals surface area contributed by atoms with Gasteiger partial charge in [-0.05, 0) is 43.7 Å². The van der Waals surface area contributed by atoms with Gasteiger partial charge in [0.05, 0.1) is 0 Å². The summed E-state index contributed by atoms with van der Waals surface area (Å²) < 4.78 is 0. The van der Waals surface area contributed by atoms with Gasteiger partial charge < -0.3 is 5.32 Å². The Labute approximate surface area is 120 Å². The van der Waals surface area contributed by atoms with Crippen LogP contribution < -0.4 is 5.32 Å². The Morgan fingerprint density at radius 1 is 1.05 bits per heavy atom. The summed E-state index contributed by atoms with van der Waals surface area (Å²) in [6, 6.07) is 17.6. The van der Waals surface area contributed by atoms with Crippen LogP contribution in [0, 0.1) is 6.92 Å². The molecule has 19 heavy (non-hydrogen) atoms. The Bertz CT molecular complexity index is 536. The van der Waals surface area contributed by atoms with E-state index >= 15 is 0 Å². The van der Waals surface area contributed by atoms with Gasteiger partial charge in [-0.3, -0.25) is 0 Å². The summed E-state index contributed by atoms with van der Waals surface area (Å²) in [6.45, 7) is 4.38. The minimum Gasteiger partial charge on any atom is -0.313 e. The first-order valence-corrected chi connectivity index (χ1v) is 7.64. The topological polar surface area (TPSA) is 12.0 Å². The smallest absolute Gasteiger partial charge is 0.0300 e. The first-order valence-electron chi connectivity index (χ1n) is 6.66. The van der Waals surface area contributed by atoms with Crippen molar-refractivity contribution >= 4 is 11.8 Å². The van der Waals surface area contributed by atoms with Crippen LogP contribution in [-0.2, 0) is 5.75 Å². The SMILES string of the molecule is CNC(C)c1ccccc1SCc1ccccc1C. The molecule has 1 unspecified atom stereocenters. The van der Waals surface area contributed by atoms with Crippen LogP contribution in [0.3, 0.4) is 0 Å². The van der Waals surface area contributed by atoms with Crippen LogP contribution in [0.2, 0.25) is 0 Å². The van der Waals surface area contributed by atoms with Crippen LogP contribution in [0.1, 0.15) is 29.7 Å². The van der Waals surface area contributed by atoms with Crippen molar-refractivity contribution in [1.29, 1.82) is 0 Å². The molecule has 0 amide bonds. The maximum absolute atomic E-state index is 3.32. The van der Waals surface area contributed by atoms with E-state index in [2.05, 4.69) is 67.7 Å². The molecule has 0 saturated carbocycles. The summed E-state index contributed by atoms with van der Waals surface area (Å²) in [5.74, 6) is 1.03. The maximum Gasteiger partial charge on any atom is 0.0300 e. The molecule has 1 nitrogen and oxygen atoms in total. The third kappa shape index (κ3) is 3.62. The molecule has 0 spiro atoms. The van der Waals surface area contributed by atoms with Crippen molar-refractivity contribution in [3.8, 4) is 0 Å². The van der Waals surface area contributed by atoms with E-state index < -0.39 is 0 Å². The molecule has 2 heteroatoms. The molecular weight excluding hydrogens is 250 g/mol. The molecule has 0 aliphatic rings. The summed E-state index contributed by atoms with van der Waals surface area (Å²) >= 11 is 1.92. The second kappa shape index (κ2) is 6.78. The van der Waals surface area contributed by atoms with Gasteiger partial charge in [-0.25, -0.2) is 0 Å². The van der Waals surface area contributed by atoms with E-state index in [1.54, 1.807) is 0 Å². The molecule has 2 aromatic carbocycles. The molecule has 1 atom stereocenters. The third-order valence-corrected chi connectivity index (χ3v) is 4.60. The Hall–Kier alpha value is -1.25. The number of thioether (sulfide) groups is 1. The number of benzene rings is 2. The van der Waals surface area contributed by atoms with Crippen molar-refractivity contribution in [1.82, 2.24) is 5.32 Å². The fourth-order valence-electron chi connectivity index (χ4n) is 2.05. The molecule has 0 heterocycles. The van der Waals surface area contributed by atoms with Gasteiger partial charge >= 0.3 is 0 Å². The highest BCUT2D eigenvalue weighted by molar-refractivity contribution is 7.98. The van der Waals surface area contributed by atoms with Crippen LogP contribution in [0.15, 0.2) is 53.4 Å². The normalized spacial score (nSPS) is 12.4. The predicted molar refractivity (Wildman–Crippen MR) is 84.7 cm³/mol. The van der Waals surface area contributed by atoms with Gasteiger partial charge in [-0.2, -0.15) is 0 Å². The molecule has 0 aliphatic heterocycles. The van der Waals surface area contributed by atoms with Crippen molar-refractivity contribution in [2.45, 2.75) is 30.5 Å². The zero-order valence-electron chi connectivity index (χ0n) is 11.8. The van der Waals surface area contributed by atoms with Crippen molar-refractivity contribution in [3.05, 3.63) is 65.2 Å². The third-order valence-electron chi connectivity index (χ3n) is 3.46. The minimum absolute atomic E-state index is 0.389. The van der Waals surface area contributed by atoms with Crippen LogP contribution in [0.25, 0.3) is 0 Å². The van der Waals surface area contributed by atoms with Gasteiger partial charge in [0, 0.05) is 16.7 Å². The zero-order valence-corrected chi connectivity index (χ0v) is 12.6. The molecule has 0 bridgehead atoms. The Balaban J connectivity index is 2.14. The highest BCUT2D eigenvalue weighted by Crippen LogP contribution is 2.30. The highest BCUT2D eigenvalue weighted by Gasteiger charge is 2.09. The molecular formula is C17H21NS.